The van der Waals surface area contributed by atoms with Gasteiger partial charge in [-0.25, -0.2) is 4.39 Å². The van der Waals surface area contributed by atoms with Gasteiger partial charge in [0.15, 0.2) is 5.78 Å². The highest BCUT2D eigenvalue weighted by molar-refractivity contribution is 6.31. The van der Waals surface area contributed by atoms with Crippen LogP contribution in [-0.2, 0) is 0 Å². The van der Waals surface area contributed by atoms with Crippen molar-refractivity contribution < 1.29 is 9.18 Å². The lowest BCUT2D eigenvalue weighted by Gasteiger charge is -2.04. The molecular weight excluding hydrogens is 311 g/mol. The summed E-state index contributed by atoms with van der Waals surface area (Å²) in [6, 6.07) is 4.20. The van der Waals surface area contributed by atoms with Gasteiger partial charge in [0, 0.05) is 12.0 Å². The summed E-state index contributed by atoms with van der Waals surface area (Å²) in [6.07, 6.45) is 14.5. The Labute approximate surface area is 145 Å². The Morgan fingerprint density at radius 1 is 0.913 bits per heavy atom. The summed E-state index contributed by atoms with van der Waals surface area (Å²) in [5, 5.41) is 0.0230. The average Bonchev–Trinajstić information content (AvgIpc) is 2.55. The summed E-state index contributed by atoms with van der Waals surface area (Å²) >= 11 is 5.70. The van der Waals surface area contributed by atoms with Crippen LogP contribution in [0.25, 0.3) is 0 Å². The van der Waals surface area contributed by atoms with Gasteiger partial charge < -0.3 is 0 Å². The van der Waals surface area contributed by atoms with E-state index in [-0.39, 0.29) is 10.8 Å². The van der Waals surface area contributed by atoms with Crippen LogP contribution in [0.1, 0.15) is 94.3 Å². The number of hydrogen-bond acceptors (Lipinski definition) is 1. The molecule has 3 heteroatoms. The molecule has 0 aliphatic heterocycles. The van der Waals surface area contributed by atoms with E-state index < -0.39 is 5.82 Å². The lowest BCUT2D eigenvalue weighted by atomic mass is 10.0. The van der Waals surface area contributed by atoms with Crippen molar-refractivity contribution >= 4 is 17.4 Å². The highest BCUT2D eigenvalue weighted by Gasteiger charge is 2.08. The Morgan fingerprint density at radius 3 is 1.96 bits per heavy atom. The molecule has 0 bridgehead atoms. The largest absolute Gasteiger partial charge is 0.294 e. The van der Waals surface area contributed by atoms with E-state index >= 15 is 0 Å². The molecule has 0 spiro atoms. The summed E-state index contributed by atoms with van der Waals surface area (Å²) in [5.74, 6) is -0.416. The van der Waals surface area contributed by atoms with E-state index in [0.717, 1.165) is 12.8 Å². The lowest BCUT2D eigenvalue weighted by molar-refractivity contribution is 0.0979. The molecule has 23 heavy (non-hydrogen) atoms. The van der Waals surface area contributed by atoms with Crippen molar-refractivity contribution in [3.05, 3.63) is 34.6 Å². The molecule has 1 aromatic rings. The van der Waals surface area contributed by atoms with Crippen molar-refractivity contribution in [3.8, 4) is 0 Å². The minimum Gasteiger partial charge on any atom is -0.294 e. The van der Waals surface area contributed by atoms with E-state index in [1.165, 1.54) is 76.0 Å². The van der Waals surface area contributed by atoms with Crippen LogP contribution in [0.5, 0.6) is 0 Å². The van der Waals surface area contributed by atoms with Gasteiger partial charge in [-0.15, -0.1) is 0 Å². The van der Waals surface area contributed by atoms with E-state index in [9.17, 15) is 9.18 Å². The Hall–Kier alpha value is -0.890. The van der Waals surface area contributed by atoms with Gasteiger partial charge in [0.2, 0.25) is 0 Å². The van der Waals surface area contributed by atoms with Crippen LogP contribution in [0, 0.1) is 5.82 Å². The molecular formula is C20H30ClFO. The molecule has 0 fully saturated rings. The standard InChI is InChI=1S/C20H30ClFO/c1-2-3-4-5-6-7-8-9-10-11-12-13-20(23)17-14-15-19(22)18(21)16-17/h14-16H,2-13H2,1H3. The first-order valence-electron chi connectivity index (χ1n) is 9.13. The van der Waals surface area contributed by atoms with Crippen molar-refractivity contribution in [1.82, 2.24) is 0 Å². The molecule has 0 saturated carbocycles. The Balaban J connectivity index is 2.00. The first-order chi connectivity index (χ1) is 11.1. The topological polar surface area (TPSA) is 17.1 Å². The predicted octanol–water partition coefficient (Wildman–Crippen LogP) is 7.36. The van der Waals surface area contributed by atoms with Crippen LogP contribution in [0.15, 0.2) is 18.2 Å². The van der Waals surface area contributed by atoms with Crippen LogP contribution in [0.4, 0.5) is 4.39 Å². The summed E-state index contributed by atoms with van der Waals surface area (Å²) < 4.78 is 13.1. The highest BCUT2D eigenvalue weighted by Crippen LogP contribution is 2.18. The van der Waals surface area contributed by atoms with Crippen molar-refractivity contribution in [2.24, 2.45) is 0 Å². The number of carbonyl (C=O) groups is 1. The van der Waals surface area contributed by atoms with Gasteiger partial charge in [-0.1, -0.05) is 82.7 Å². The van der Waals surface area contributed by atoms with E-state index in [0.29, 0.717) is 12.0 Å². The number of halogens is 2. The number of ketones is 1. The van der Waals surface area contributed by atoms with Crippen molar-refractivity contribution in [2.45, 2.75) is 84.0 Å². The van der Waals surface area contributed by atoms with E-state index in [1.54, 1.807) is 0 Å². The summed E-state index contributed by atoms with van der Waals surface area (Å²) in [5.41, 5.74) is 0.517. The molecule has 0 amide bonds. The maximum absolute atomic E-state index is 13.1. The quantitative estimate of drug-likeness (QED) is 0.270. The third-order valence-electron chi connectivity index (χ3n) is 4.25. The van der Waals surface area contributed by atoms with E-state index in [4.69, 9.17) is 11.6 Å². The van der Waals surface area contributed by atoms with Gasteiger partial charge in [0.25, 0.3) is 0 Å². The van der Waals surface area contributed by atoms with E-state index in [1.807, 2.05) is 0 Å². The molecule has 1 rings (SSSR count). The normalized spacial score (nSPS) is 10.9. The molecule has 0 saturated heterocycles. The van der Waals surface area contributed by atoms with Crippen molar-refractivity contribution in [3.63, 3.8) is 0 Å². The summed E-state index contributed by atoms with van der Waals surface area (Å²) in [7, 11) is 0. The van der Waals surface area contributed by atoms with Crippen LogP contribution in [0.3, 0.4) is 0 Å². The zero-order valence-electron chi connectivity index (χ0n) is 14.4. The van der Waals surface area contributed by atoms with Gasteiger partial charge >= 0.3 is 0 Å². The minimum absolute atomic E-state index is 0.0230. The fraction of sp³-hybridized carbons (Fsp3) is 0.650. The Morgan fingerprint density at radius 2 is 1.43 bits per heavy atom. The monoisotopic (exact) mass is 340 g/mol. The maximum atomic E-state index is 13.1. The first-order valence-corrected chi connectivity index (χ1v) is 9.51. The van der Waals surface area contributed by atoms with Crippen molar-refractivity contribution in [2.75, 3.05) is 0 Å². The second kappa shape index (κ2) is 12.5. The Bertz CT molecular complexity index is 459. The van der Waals surface area contributed by atoms with Gasteiger partial charge in [-0.05, 0) is 24.6 Å². The fourth-order valence-corrected chi connectivity index (χ4v) is 2.94. The third kappa shape index (κ3) is 9.10. The number of hydrogen-bond donors (Lipinski definition) is 0. The van der Waals surface area contributed by atoms with Crippen LogP contribution in [-0.4, -0.2) is 5.78 Å². The minimum atomic E-state index is -0.474. The Kier molecular flexibility index (Phi) is 11.0. The number of Topliss-reactive ketones (excluding diaryl/α,β-unsaturated/α-hetero) is 1. The summed E-state index contributed by atoms with van der Waals surface area (Å²) in [6.45, 7) is 2.25. The molecule has 130 valence electrons. The second-order valence-corrected chi connectivity index (χ2v) is 6.74. The molecule has 0 atom stereocenters. The number of rotatable bonds is 13. The molecule has 0 aliphatic carbocycles. The molecule has 1 aromatic carbocycles. The molecule has 0 unspecified atom stereocenters. The third-order valence-corrected chi connectivity index (χ3v) is 4.54. The molecule has 0 aromatic heterocycles. The zero-order valence-corrected chi connectivity index (χ0v) is 15.1. The molecule has 0 heterocycles. The van der Waals surface area contributed by atoms with Gasteiger partial charge in [0.05, 0.1) is 5.02 Å². The molecule has 0 N–H and O–H groups in total. The molecule has 0 radical (unpaired) electrons. The number of benzene rings is 1. The first kappa shape index (κ1) is 20.2. The molecule has 0 aliphatic rings. The zero-order chi connectivity index (χ0) is 16.9. The summed E-state index contributed by atoms with van der Waals surface area (Å²) in [4.78, 5) is 12.0. The predicted molar refractivity (Wildman–Crippen MR) is 96.8 cm³/mol. The van der Waals surface area contributed by atoms with Crippen LogP contribution in [0.2, 0.25) is 5.02 Å². The van der Waals surface area contributed by atoms with Gasteiger partial charge in [0.1, 0.15) is 5.82 Å². The highest BCUT2D eigenvalue weighted by atomic mass is 35.5. The molecule has 1 nitrogen and oxygen atoms in total. The lowest BCUT2D eigenvalue weighted by Crippen LogP contribution is -1.99. The smallest absolute Gasteiger partial charge is 0.162 e. The maximum Gasteiger partial charge on any atom is 0.162 e. The number of carbonyl (C=O) groups excluding carboxylic acids is 1. The van der Waals surface area contributed by atoms with Crippen LogP contribution >= 0.6 is 11.6 Å². The van der Waals surface area contributed by atoms with Crippen LogP contribution < -0.4 is 0 Å². The average molecular weight is 341 g/mol. The van der Waals surface area contributed by atoms with E-state index in [2.05, 4.69) is 6.92 Å². The second-order valence-electron chi connectivity index (χ2n) is 6.34. The fourth-order valence-electron chi connectivity index (χ4n) is 2.76. The van der Waals surface area contributed by atoms with Gasteiger partial charge in [-0.2, -0.15) is 0 Å². The number of unbranched alkanes of at least 4 members (excludes halogenated alkanes) is 10. The van der Waals surface area contributed by atoms with Crippen molar-refractivity contribution in [1.29, 1.82) is 0 Å². The van der Waals surface area contributed by atoms with Gasteiger partial charge in [-0.3, -0.25) is 4.79 Å². The SMILES string of the molecule is CCCCCCCCCCCCCC(=O)c1ccc(F)c(Cl)c1.